The zero-order chi connectivity index (χ0) is 17.9. The van der Waals surface area contributed by atoms with Gasteiger partial charge >= 0.3 is 5.97 Å². The highest BCUT2D eigenvalue weighted by atomic mass is 16.6. The van der Waals surface area contributed by atoms with Crippen LogP contribution in [0.4, 0.5) is 11.4 Å². The molecule has 2 rings (SSSR count). The van der Waals surface area contributed by atoms with Crippen LogP contribution in [0.2, 0.25) is 0 Å². The summed E-state index contributed by atoms with van der Waals surface area (Å²) in [6.07, 6.45) is 0.967. The van der Waals surface area contributed by atoms with Crippen molar-refractivity contribution < 1.29 is 19.2 Å². The maximum absolute atomic E-state index is 12.4. The van der Waals surface area contributed by atoms with E-state index in [0.29, 0.717) is 18.8 Å². The third kappa shape index (κ3) is 3.81. The Kier molecular flexibility index (Phi) is 5.38. The fourth-order valence-corrected chi connectivity index (χ4v) is 2.66. The molecule has 1 atom stereocenters. The number of amides is 1. The van der Waals surface area contributed by atoms with E-state index in [0.717, 1.165) is 12.8 Å². The SMILES string of the molecule is C[C@H](OC(=O)c1cc([N+](=O)[O-])ccc1N(C)C)C(=O)N1CCCC1. The van der Waals surface area contributed by atoms with E-state index in [9.17, 15) is 19.7 Å². The van der Waals surface area contributed by atoms with Gasteiger partial charge < -0.3 is 14.5 Å². The highest BCUT2D eigenvalue weighted by Crippen LogP contribution is 2.25. The zero-order valence-electron chi connectivity index (χ0n) is 14.0. The van der Waals surface area contributed by atoms with E-state index in [1.54, 1.807) is 23.9 Å². The second kappa shape index (κ2) is 7.29. The number of hydrogen-bond donors (Lipinski definition) is 0. The number of carbonyl (C=O) groups is 2. The lowest BCUT2D eigenvalue weighted by molar-refractivity contribution is -0.384. The minimum Gasteiger partial charge on any atom is -0.449 e. The topological polar surface area (TPSA) is 93.0 Å². The third-order valence-electron chi connectivity index (χ3n) is 3.94. The van der Waals surface area contributed by atoms with Gasteiger partial charge in [-0.25, -0.2) is 4.79 Å². The smallest absolute Gasteiger partial charge is 0.341 e. The molecule has 8 heteroatoms. The summed E-state index contributed by atoms with van der Waals surface area (Å²) in [4.78, 5) is 38.4. The van der Waals surface area contributed by atoms with Crippen LogP contribution in [-0.4, -0.2) is 55.0 Å². The first-order valence-electron chi connectivity index (χ1n) is 7.76. The predicted molar refractivity (Wildman–Crippen MR) is 88.1 cm³/mol. The van der Waals surface area contributed by atoms with Crippen LogP contribution in [0.3, 0.4) is 0 Å². The molecule has 24 heavy (non-hydrogen) atoms. The molecule has 1 heterocycles. The Morgan fingerprint density at radius 1 is 1.29 bits per heavy atom. The molecular weight excluding hydrogens is 314 g/mol. The Morgan fingerprint density at radius 2 is 1.92 bits per heavy atom. The standard InChI is InChI=1S/C16H21N3O5/c1-11(15(20)18-8-4-5-9-18)24-16(21)13-10-12(19(22)23)6-7-14(13)17(2)3/h6-7,10-11H,4-5,8-9H2,1-3H3/t11-/m0/s1. The first-order valence-corrected chi connectivity index (χ1v) is 7.76. The number of carbonyl (C=O) groups excluding carboxylic acids is 2. The van der Waals surface area contributed by atoms with E-state index in [4.69, 9.17) is 4.74 Å². The summed E-state index contributed by atoms with van der Waals surface area (Å²) in [7, 11) is 3.44. The molecule has 0 unspecified atom stereocenters. The van der Waals surface area contributed by atoms with Crippen molar-refractivity contribution in [2.45, 2.75) is 25.9 Å². The van der Waals surface area contributed by atoms with Crippen molar-refractivity contribution in [3.05, 3.63) is 33.9 Å². The Morgan fingerprint density at radius 3 is 2.46 bits per heavy atom. The van der Waals surface area contributed by atoms with Crippen molar-refractivity contribution in [3.8, 4) is 0 Å². The van der Waals surface area contributed by atoms with Gasteiger partial charge in [0.05, 0.1) is 16.2 Å². The Labute approximate surface area is 140 Å². The maximum atomic E-state index is 12.4. The van der Waals surface area contributed by atoms with Crippen LogP contribution in [0.15, 0.2) is 18.2 Å². The molecule has 0 N–H and O–H groups in total. The van der Waals surface area contributed by atoms with E-state index < -0.39 is 17.0 Å². The second-order valence-corrected chi connectivity index (χ2v) is 5.93. The van der Waals surface area contributed by atoms with Gasteiger partial charge in [-0.15, -0.1) is 0 Å². The van der Waals surface area contributed by atoms with Gasteiger partial charge in [0.15, 0.2) is 6.10 Å². The van der Waals surface area contributed by atoms with E-state index in [-0.39, 0.29) is 17.2 Å². The van der Waals surface area contributed by atoms with E-state index >= 15 is 0 Å². The number of nitrogens with zero attached hydrogens (tertiary/aromatic N) is 3. The quantitative estimate of drug-likeness (QED) is 0.463. The van der Waals surface area contributed by atoms with Crippen LogP contribution in [-0.2, 0) is 9.53 Å². The number of benzene rings is 1. The normalized spacial score (nSPS) is 15.0. The van der Waals surface area contributed by atoms with Crippen LogP contribution in [0.25, 0.3) is 0 Å². The molecule has 0 aromatic heterocycles. The molecule has 130 valence electrons. The predicted octanol–water partition coefficient (Wildman–Crippen LogP) is 1.83. The van der Waals surface area contributed by atoms with Crippen LogP contribution in [0.1, 0.15) is 30.1 Å². The molecule has 1 aromatic carbocycles. The molecule has 1 aliphatic heterocycles. The van der Waals surface area contributed by atoms with Crippen LogP contribution >= 0.6 is 0 Å². The van der Waals surface area contributed by atoms with Gasteiger partial charge in [0, 0.05) is 39.3 Å². The molecular formula is C16H21N3O5. The number of hydrogen-bond acceptors (Lipinski definition) is 6. The lowest BCUT2D eigenvalue weighted by Gasteiger charge is -2.21. The summed E-state index contributed by atoms with van der Waals surface area (Å²) < 4.78 is 5.26. The van der Waals surface area contributed by atoms with Gasteiger partial charge in [-0.1, -0.05) is 0 Å². The molecule has 0 saturated carbocycles. The summed E-state index contributed by atoms with van der Waals surface area (Å²) >= 11 is 0. The minimum absolute atomic E-state index is 0.0651. The van der Waals surface area contributed by atoms with Crippen molar-refractivity contribution >= 4 is 23.3 Å². The third-order valence-corrected chi connectivity index (χ3v) is 3.94. The highest BCUT2D eigenvalue weighted by Gasteiger charge is 2.28. The van der Waals surface area contributed by atoms with Crippen molar-refractivity contribution in [3.63, 3.8) is 0 Å². The molecule has 8 nitrogen and oxygen atoms in total. The highest BCUT2D eigenvalue weighted by molar-refractivity contribution is 5.98. The van der Waals surface area contributed by atoms with Crippen molar-refractivity contribution in [1.82, 2.24) is 4.90 Å². The van der Waals surface area contributed by atoms with Gasteiger partial charge in [-0.05, 0) is 25.8 Å². The van der Waals surface area contributed by atoms with E-state index in [1.807, 2.05) is 0 Å². The van der Waals surface area contributed by atoms with Gasteiger partial charge in [0.25, 0.3) is 11.6 Å². The number of anilines is 1. The van der Waals surface area contributed by atoms with Crippen molar-refractivity contribution in [1.29, 1.82) is 0 Å². The molecule has 0 radical (unpaired) electrons. The average Bonchev–Trinajstić information content (AvgIpc) is 3.07. The Hall–Kier alpha value is -2.64. The Bertz CT molecular complexity index is 653. The summed E-state index contributed by atoms with van der Waals surface area (Å²) in [5, 5.41) is 10.9. The Balaban J connectivity index is 2.19. The van der Waals surface area contributed by atoms with Crippen LogP contribution < -0.4 is 4.90 Å². The van der Waals surface area contributed by atoms with Gasteiger partial charge in [-0.3, -0.25) is 14.9 Å². The average molecular weight is 335 g/mol. The molecule has 1 saturated heterocycles. The number of non-ortho nitro benzene ring substituents is 1. The summed E-state index contributed by atoms with van der Waals surface area (Å²) in [5.74, 6) is -0.986. The monoisotopic (exact) mass is 335 g/mol. The first-order chi connectivity index (χ1) is 11.3. The number of rotatable bonds is 5. The van der Waals surface area contributed by atoms with Gasteiger partial charge in [0.1, 0.15) is 0 Å². The molecule has 1 aromatic rings. The molecule has 1 amide bonds. The van der Waals surface area contributed by atoms with E-state index in [2.05, 4.69) is 0 Å². The van der Waals surface area contributed by atoms with Crippen LogP contribution in [0, 0.1) is 10.1 Å². The maximum Gasteiger partial charge on any atom is 0.341 e. The summed E-state index contributed by atoms with van der Waals surface area (Å²) in [6.45, 7) is 2.85. The lowest BCUT2D eigenvalue weighted by Crippen LogP contribution is -2.38. The number of ether oxygens (including phenoxy) is 1. The number of likely N-dealkylation sites (tertiary alicyclic amines) is 1. The largest absolute Gasteiger partial charge is 0.449 e. The second-order valence-electron chi connectivity index (χ2n) is 5.93. The number of nitro benzene ring substituents is 1. The number of esters is 1. The fourth-order valence-electron chi connectivity index (χ4n) is 2.66. The van der Waals surface area contributed by atoms with Crippen molar-refractivity contribution in [2.75, 3.05) is 32.1 Å². The first kappa shape index (κ1) is 17.7. The molecule has 1 aliphatic rings. The summed E-state index contributed by atoms with van der Waals surface area (Å²) in [5.41, 5.74) is 0.354. The minimum atomic E-state index is -0.926. The van der Waals surface area contributed by atoms with Crippen molar-refractivity contribution in [2.24, 2.45) is 0 Å². The zero-order valence-corrected chi connectivity index (χ0v) is 14.0. The summed E-state index contributed by atoms with van der Waals surface area (Å²) in [6, 6.07) is 3.98. The van der Waals surface area contributed by atoms with Gasteiger partial charge in [-0.2, -0.15) is 0 Å². The molecule has 1 fully saturated rings. The fraction of sp³-hybridized carbons (Fsp3) is 0.500. The molecule has 0 spiro atoms. The molecule has 0 aliphatic carbocycles. The number of nitro groups is 1. The van der Waals surface area contributed by atoms with Crippen LogP contribution in [0.5, 0.6) is 0 Å². The van der Waals surface area contributed by atoms with Gasteiger partial charge in [0.2, 0.25) is 0 Å². The molecule has 0 bridgehead atoms. The van der Waals surface area contributed by atoms with E-state index in [1.165, 1.54) is 25.1 Å². The lowest BCUT2D eigenvalue weighted by atomic mass is 10.1.